The number of aliphatic carboxylic acids is 1. The molecule has 6 nitrogen and oxygen atoms in total. The predicted octanol–water partition coefficient (Wildman–Crippen LogP) is 4.17. The van der Waals surface area contributed by atoms with E-state index in [2.05, 4.69) is 23.7 Å². The Morgan fingerprint density at radius 3 is 2.66 bits per heavy atom. The van der Waals surface area contributed by atoms with E-state index in [4.69, 9.17) is 9.84 Å². The molecular weight excluding hydrogens is 368 g/mol. The lowest BCUT2D eigenvalue weighted by Gasteiger charge is -2.09. The highest BCUT2D eigenvalue weighted by Crippen LogP contribution is 2.26. The molecule has 0 unspecified atom stereocenters. The number of methoxy groups -OCH3 is 1. The van der Waals surface area contributed by atoms with Crippen LogP contribution in [-0.2, 0) is 22.5 Å². The Morgan fingerprint density at radius 1 is 1.14 bits per heavy atom. The van der Waals surface area contributed by atoms with Gasteiger partial charge in [-0.1, -0.05) is 12.1 Å². The van der Waals surface area contributed by atoms with Crippen molar-refractivity contribution in [2.45, 2.75) is 33.2 Å². The molecule has 0 fully saturated rings. The number of nitrogens with one attached hydrogen (secondary N) is 1. The first-order valence-electron chi connectivity index (χ1n) is 9.61. The van der Waals surface area contributed by atoms with Crippen LogP contribution in [0.3, 0.4) is 0 Å². The number of hydrogen-bond donors (Lipinski definition) is 2. The summed E-state index contributed by atoms with van der Waals surface area (Å²) in [7, 11) is 1.69. The Morgan fingerprint density at radius 2 is 1.93 bits per heavy atom. The van der Waals surface area contributed by atoms with E-state index in [9.17, 15) is 9.59 Å². The highest BCUT2D eigenvalue weighted by atomic mass is 16.5. The van der Waals surface area contributed by atoms with Crippen LogP contribution >= 0.6 is 0 Å². The van der Waals surface area contributed by atoms with E-state index in [1.807, 2.05) is 36.4 Å². The van der Waals surface area contributed by atoms with Crippen LogP contribution in [-0.4, -0.2) is 35.3 Å². The number of benzene rings is 2. The van der Waals surface area contributed by atoms with E-state index in [0.717, 1.165) is 28.6 Å². The molecule has 152 valence electrons. The molecule has 0 aliphatic rings. The molecule has 0 aliphatic carbocycles. The molecule has 0 saturated carbocycles. The van der Waals surface area contributed by atoms with E-state index in [1.165, 1.54) is 5.69 Å². The molecule has 0 radical (unpaired) electrons. The monoisotopic (exact) mass is 394 g/mol. The predicted molar refractivity (Wildman–Crippen MR) is 114 cm³/mol. The van der Waals surface area contributed by atoms with Gasteiger partial charge in [0.1, 0.15) is 0 Å². The molecule has 2 N–H and O–H groups in total. The summed E-state index contributed by atoms with van der Waals surface area (Å²) in [4.78, 5) is 23.5. The SMILES string of the molecule is COCCn1c(C)c(C)c2cc(C(=O)Nc3cccc(CCC(=O)O)c3)ccc21. The number of aryl methyl sites for hydroxylation is 2. The van der Waals surface area contributed by atoms with Gasteiger partial charge in [0, 0.05) is 47.9 Å². The molecule has 6 heteroatoms. The Balaban J connectivity index is 1.82. The number of hydrogen-bond acceptors (Lipinski definition) is 3. The Kier molecular flexibility index (Phi) is 6.34. The first-order chi connectivity index (χ1) is 13.9. The summed E-state index contributed by atoms with van der Waals surface area (Å²) in [6.07, 6.45) is 0.491. The summed E-state index contributed by atoms with van der Waals surface area (Å²) in [5, 5.41) is 12.8. The van der Waals surface area contributed by atoms with Gasteiger partial charge in [0.05, 0.1) is 6.61 Å². The second-order valence-electron chi connectivity index (χ2n) is 7.14. The van der Waals surface area contributed by atoms with Crippen LogP contribution in [0.15, 0.2) is 42.5 Å². The number of anilines is 1. The minimum absolute atomic E-state index is 0.0623. The average Bonchev–Trinajstić information content (AvgIpc) is 2.95. The third kappa shape index (κ3) is 4.66. The Bertz CT molecular complexity index is 1050. The number of aromatic nitrogens is 1. The van der Waals surface area contributed by atoms with Gasteiger partial charge in [0.25, 0.3) is 5.91 Å². The maximum absolute atomic E-state index is 12.8. The molecule has 3 aromatic rings. The van der Waals surface area contributed by atoms with Gasteiger partial charge < -0.3 is 19.7 Å². The van der Waals surface area contributed by atoms with Crippen molar-refractivity contribution in [2.75, 3.05) is 19.0 Å². The molecule has 2 aromatic carbocycles. The van der Waals surface area contributed by atoms with Crippen molar-refractivity contribution in [1.82, 2.24) is 4.57 Å². The summed E-state index contributed by atoms with van der Waals surface area (Å²) in [6, 6.07) is 13.0. The third-order valence-electron chi connectivity index (χ3n) is 5.23. The molecule has 0 atom stereocenters. The van der Waals surface area contributed by atoms with Crippen LogP contribution in [0, 0.1) is 13.8 Å². The number of fused-ring (bicyclic) bond motifs is 1. The van der Waals surface area contributed by atoms with Gasteiger partial charge in [-0.25, -0.2) is 0 Å². The van der Waals surface area contributed by atoms with Crippen LogP contribution in [0.4, 0.5) is 5.69 Å². The third-order valence-corrected chi connectivity index (χ3v) is 5.23. The normalized spacial score (nSPS) is 11.0. The zero-order chi connectivity index (χ0) is 21.0. The molecule has 0 aliphatic heterocycles. The molecule has 1 heterocycles. The van der Waals surface area contributed by atoms with Gasteiger partial charge in [0.2, 0.25) is 0 Å². The fraction of sp³-hybridized carbons (Fsp3) is 0.304. The zero-order valence-electron chi connectivity index (χ0n) is 17.0. The summed E-state index contributed by atoms with van der Waals surface area (Å²) in [6.45, 7) is 5.54. The van der Waals surface area contributed by atoms with Crippen LogP contribution in [0.5, 0.6) is 0 Å². The number of carbonyl (C=O) groups excluding carboxylic acids is 1. The van der Waals surface area contributed by atoms with Crippen molar-refractivity contribution in [1.29, 1.82) is 0 Å². The van der Waals surface area contributed by atoms with Crippen molar-refractivity contribution in [2.24, 2.45) is 0 Å². The molecule has 29 heavy (non-hydrogen) atoms. The topological polar surface area (TPSA) is 80.6 Å². The molecular formula is C23H26N2O4. The second kappa shape index (κ2) is 8.92. The summed E-state index contributed by atoms with van der Waals surface area (Å²) >= 11 is 0. The number of rotatable bonds is 8. The minimum atomic E-state index is -0.837. The molecule has 1 amide bonds. The fourth-order valence-electron chi connectivity index (χ4n) is 3.52. The number of carboxylic acid groups (broad SMARTS) is 1. The van der Waals surface area contributed by atoms with Crippen LogP contribution in [0.2, 0.25) is 0 Å². The van der Waals surface area contributed by atoms with Gasteiger partial charge in [-0.15, -0.1) is 0 Å². The smallest absolute Gasteiger partial charge is 0.303 e. The minimum Gasteiger partial charge on any atom is -0.481 e. The van der Waals surface area contributed by atoms with Crippen molar-refractivity contribution < 1.29 is 19.4 Å². The largest absolute Gasteiger partial charge is 0.481 e. The lowest BCUT2D eigenvalue weighted by Crippen LogP contribution is -2.12. The highest BCUT2D eigenvalue weighted by molar-refractivity contribution is 6.06. The maximum Gasteiger partial charge on any atom is 0.303 e. The van der Waals surface area contributed by atoms with Gasteiger partial charge in [0.15, 0.2) is 0 Å². The van der Waals surface area contributed by atoms with E-state index in [-0.39, 0.29) is 12.3 Å². The number of carbonyl (C=O) groups is 2. The number of ether oxygens (including phenoxy) is 1. The second-order valence-corrected chi connectivity index (χ2v) is 7.14. The highest BCUT2D eigenvalue weighted by Gasteiger charge is 2.14. The molecule has 0 spiro atoms. The lowest BCUT2D eigenvalue weighted by atomic mass is 10.1. The fourth-order valence-corrected chi connectivity index (χ4v) is 3.52. The summed E-state index contributed by atoms with van der Waals surface area (Å²) < 4.78 is 7.42. The zero-order valence-corrected chi connectivity index (χ0v) is 17.0. The number of nitrogens with zero attached hydrogens (tertiary/aromatic N) is 1. The van der Waals surface area contributed by atoms with E-state index >= 15 is 0 Å². The van der Waals surface area contributed by atoms with Crippen LogP contribution in [0.1, 0.15) is 33.6 Å². The Hall–Kier alpha value is -3.12. The van der Waals surface area contributed by atoms with E-state index in [1.54, 1.807) is 13.2 Å². The van der Waals surface area contributed by atoms with Crippen molar-refractivity contribution in [3.63, 3.8) is 0 Å². The first-order valence-corrected chi connectivity index (χ1v) is 9.61. The van der Waals surface area contributed by atoms with E-state index < -0.39 is 5.97 Å². The van der Waals surface area contributed by atoms with Gasteiger partial charge in [-0.3, -0.25) is 9.59 Å². The van der Waals surface area contributed by atoms with Gasteiger partial charge in [-0.05, 0) is 61.7 Å². The summed E-state index contributed by atoms with van der Waals surface area (Å²) in [5.41, 5.74) is 5.53. The van der Waals surface area contributed by atoms with Crippen LogP contribution < -0.4 is 5.32 Å². The Labute approximate surface area is 170 Å². The van der Waals surface area contributed by atoms with Crippen molar-refractivity contribution >= 4 is 28.5 Å². The maximum atomic E-state index is 12.8. The lowest BCUT2D eigenvalue weighted by molar-refractivity contribution is -0.136. The standard InChI is InChI=1S/C23H26N2O4/c1-15-16(2)25(11-12-29-3)21-9-8-18(14-20(15)21)23(28)24-19-6-4-5-17(13-19)7-10-22(26)27/h4-6,8-9,13-14H,7,10-12H2,1-3H3,(H,24,28)(H,26,27). The molecule has 3 rings (SSSR count). The number of carboxylic acids is 1. The van der Waals surface area contributed by atoms with Gasteiger partial charge >= 0.3 is 5.97 Å². The molecule has 0 bridgehead atoms. The van der Waals surface area contributed by atoms with Crippen LogP contribution in [0.25, 0.3) is 10.9 Å². The quantitative estimate of drug-likeness (QED) is 0.601. The van der Waals surface area contributed by atoms with E-state index in [0.29, 0.717) is 24.3 Å². The number of amides is 1. The molecule has 0 saturated heterocycles. The molecule has 1 aromatic heterocycles. The van der Waals surface area contributed by atoms with Crippen molar-refractivity contribution in [3.8, 4) is 0 Å². The summed E-state index contributed by atoms with van der Waals surface area (Å²) in [5.74, 6) is -1.03. The van der Waals surface area contributed by atoms with Gasteiger partial charge in [-0.2, -0.15) is 0 Å². The average molecular weight is 394 g/mol. The van der Waals surface area contributed by atoms with Crippen molar-refractivity contribution in [3.05, 3.63) is 64.8 Å². The first kappa shape index (κ1) is 20.6.